The first-order valence-corrected chi connectivity index (χ1v) is 7.99. The first-order chi connectivity index (χ1) is 12.1. The Morgan fingerprint density at radius 1 is 1.00 bits per heavy atom. The summed E-state index contributed by atoms with van der Waals surface area (Å²) in [7, 11) is 0. The molecule has 128 valence electrons. The van der Waals surface area contributed by atoms with Crippen LogP contribution in [-0.2, 0) is 0 Å². The van der Waals surface area contributed by atoms with Gasteiger partial charge in [-0.2, -0.15) is 0 Å². The lowest BCUT2D eigenvalue weighted by molar-refractivity contribution is 0.0697. The number of benzene rings is 3. The molecule has 3 rings (SSSR count). The summed E-state index contributed by atoms with van der Waals surface area (Å²) in [6, 6.07) is 20.1. The molecule has 0 saturated carbocycles. The quantitative estimate of drug-likeness (QED) is 0.616. The van der Waals surface area contributed by atoms with Gasteiger partial charge in [-0.25, -0.2) is 4.79 Å². The molecule has 5 nitrogen and oxygen atoms in total. The maximum atomic E-state index is 10.8. The van der Waals surface area contributed by atoms with E-state index in [-0.39, 0.29) is 12.2 Å². The van der Waals surface area contributed by atoms with Gasteiger partial charge in [-0.05, 0) is 35.7 Å². The standard InChI is InChI=1S/C20H19NO4/c22-17(12-21-16-10-8-15(9-11-16)20(23)24)13-25-19-7-3-5-14-4-1-2-6-18(14)19/h1-11,17,21-22H,12-13H2,(H,23,24). The number of carboxylic acids is 1. The van der Waals surface area contributed by atoms with Crippen LogP contribution in [0.15, 0.2) is 66.7 Å². The Hall–Kier alpha value is -3.05. The van der Waals surface area contributed by atoms with Crippen LogP contribution < -0.4 is 10.1 Å². The summed E-state index contributed by atoms with van der Waals surface area (Å²) < 4.78 is 5.75. The summed E-state index contributed by atoms with van der Waals surface area (Å²) in [6.45, 7) is 0.464. The summed E-state index contributed by atoms with van der Waals surface area (Å²) in [5.74, 6) is -0.224. The number of aliphatic hydroxyl groups is 1. The highest BCUT2D eigenvalue weighted by molar-refractivity contribution is 5.88. The maximum absolute atomic E-state index is 10.8. The molecule has 1 unspecified atom stereocenters. The van der Waals surface area contributed by atoms with Crippen molar-refractivity contribution in [3.63, 3.8) is 0 Å². The van der Waals surface area contributed by atoms with Gasteiger partial charge in [0.25, 0.3) is 0 Å². The Morgan fingerprint density at radius 2 is 1.72 bits per heavy atom. The SMILES string of the molecule is O=C(O)c1ccc(NCC(O)COc2cccc3ccccc23)cc1. The topological polar surface area (TPSA) is 78.8 Å². The maximum Gasteiger partial charge on any atom is 0.335 e. The van der Waals surface area contributed by atoms with Crippen LogP contribution in [0.4, 0.5) is 5.69 Å². The van der Waals surface area contributed by atoms with E-state index in [4.69, 9.17) is 9.84 Å². The molecule has 3 aromatic carbocycles. The number of nitrogens with one attached hydrogen (secondary N) is 1. The van der Waals surface area contributed by atoms with Gasteiger partial charge in [0.2, 0.25) is 0 Å². The largest absolute Gasteiger partial charge is 0.490 e. The van der Waals surface area contributed by atoms with E-state index in [1.807, 2.05) is 42.5 Å². The molecule has 0 aliphatic carbocycles. The highest BCUT2D eigenvalue weighted by Crippen LogP contribution is 2.25. The molecule has 0 heterocycles. The molecule has 0 fully saturated rings. The molecular formula is C20H19NO4. The number of rotatable bonds is 7. The fraction of sp³-hybridized carbons (Fsp3) is 0.150. The second-order valence-electron chi connectivity index (χ2n) is 5.71. The molecule has 5 heteroatoms. The number of hydrogen-bond acceptors (Lipinski definition) is 4. The van der Waals surface area contributed by atoms with Gasteiger partial charge in [0.1, 0.15) is 18.5 Å². The van der Waals surface area contributed by atoms with Crippen LogP contribution in [0.1, 0.15) is 10.4 Å². The van der Waals surface area contributed by atoms with Crippen molar-refractivity contribution in [1.29, 1.82) is 0 Å². The molecule has 0 aliphatic heterocycles. The van der Waals surface area contributed by atoms with Gasteiger partial charge in [-0.1, -0.05) is 36.4 Å². The summed E-state index contributed by atoms with van der Waals surface area (Å²) in [4.78, 5) is 10.8. The van der Waals surface area contributed by atoms with E-state index in [9.17, 15) is 9.90 Å². The molecule has 0 saturated heterocycles. The minimum atomic E-state index is -0.963. The normalized spacial score (nSPS) is 11.9. The van der Waals surface area contributed by atoms with E-state index >= 15 is 0 Å². The van der Waals surface area contributed by atoms with E-state index in [0.717, 1.165) is 22.2 Å². The number of fused-ring (bicyclic) bond motifs is 1. The zero-order valence-corrected chi connectivity index (χ0v) is 13.6. The number of carboxylic acid groups (broad SMARTS) is 1. The van der Waals surface area contributed by atoms with Crippen molar-refractivity contribution in [1.82, 2.24) is 0 Å². The molecule has 3 N–H and O–H groups in total. The summed E-state index contributed by atoms with van der Waals surface area (Å²) in [6.07, 6.45) is -0.696. The first-order valence-electron chi connectivity index (χ1n) is 7.99. The minimum absolute atomic E-state index is 0.161. The van der Waals surface area contributed by atoms with Gasteiger partial charge in [-0.15, -0.1) is 0 Å². The van der Waals surface area contributed by atoms with E-state index in [1.165, 1.54) is 12.1 Å². The predicted octanol–water partition coefficient (Wildman–Crippen LogP) is 3.39. The van der Waals surface area contributed by atoms with Gasteiger partial charge in [0.05, 0.1) is 5.56 Å². The summed E-state index contributed by atoms with van der Waals surface area (Å²) in [5, 5.41) is 24.1. The molecule has 1 atom stereocenters. The molecule has 0 aromatic heterocycles. The monoisotopic (exact) mass is 337 g/mol. The van der Waals surface area contributed by atoms with Crippen molar-refractivity contribution < 1.29 is 19.7 Å². The van der Waals surface area contributed by atoms with Crippen LogP contribution in [0.2, 0.25) is 0 Å². The summed E-state index contributed by atoms with van der Waals surface area (Å²) in [5.41, 5.74) is 0.972. The second kappa shape index (κ2) is 7.68. The number of aromatic carboxylic acids is 1. The number of hydrogen-bond donors (Lipinski definition) is 3. The highest BCUT2D eigenvalue weighted by Gasteiger charge is 2.08. The molecule has 25 heavy (non-hydrogen) atoms. The van der Waals surface area contributed by atoms with Gasteiger partial charge < -0.3 is 20.3 Å². The Bertz CT molecular complexity index is 856. The summed E-state index contributed by atoms with van der Waals surface area (Å²) >= 11 is 0. The molecule has 0 spiro atoms. The van der Waals surface area contributed by atoms with E-state index in [1.54, 1.807) is 12.1 Å². The molecule has 3 aromatic rings. The lowest BCUT2D eigenvalue weighted by atomic mass is 10.1. The van der Waals surface area contributed by atoms with Crippen LogP contribution in [0.25, 0.3) is 10.8 Å². The lowest BCUT2D eigenvalue weighted by Crippen LogP contribution is -2.26. The van der Waals surface area contributed by atoms with Gasteiger partial charge in [0.15, 0.2) is 0 Å². The van der Waals surface area contributed by atoms with E-state index in [2.05, 4.69) is 5.32 Å². The zero-order chi connectivity index (χ0) is 17.6. The Balaban J connectivity index is 1.54. The van der Waals surface area contributed by atoms with Crippen molar-refractivity contribution in [3.05, 3.63) is 72.3 Å². The van der Waals surface area contributed by atoms with Crippen molar-refractivity contribution >= 4 is 22.4 Å². The molecular weight excluding hydrogens is 318 g/mol. The van der Waals surface area contributed by atoms with Crippen molar-refractivity contribution in [2.24, 2.45) is 0 Å². The van der Waals surface area contributed by atoms with Crippen LogP contribution in [0, 0.1) is 0 Å². The van der Waals surface area contributed by atoms with E-state index < -0.39 is 12.1 Å². The van der Waals surface area contributed by atoms with Crippen molar-refractivity contribution in [2.75, 3.05) is 18.5 Å². The van der Waals surface area contributed by atoms with Crippen LogP contribution in [0.5, 0.6) is 5.75 Å². The van der Waals surface area contributed by atoms with E-state index in [0.29, 0.717) is 6.54 Å². The number of aliphatic hydroxyl groups excluding tert-OH is 1. The van der Waals surface area contributed by atoms with Crippen molar-refractivity contribution in [3.8, 4) is 5.75 Å². The number of anilines is 1. The van der Waals surface area contributed by atoms with Crippen LogP contribution in [0.3, 0.4) is 0 Å². The molecule has 0 aliphatic rings. The number of carbonyl (C=O) groups is 1. The van der Waals surface area contributed by atoms with Crippen LogP contribution >= 0.6 is 0 Å². The third kappa shape index (κ3) is 4.28. The van der Waals surface area contributed by atoms with Gasteiger partial charge in [-0.3, -0.25) is 0 Å². The smallest absolute Gasteiger partial charge is 0.335 e. The fourth-order valence-corrected chi connectivity index (χ4v) is 2.53. The highest BCUT2D eigenvalue weighted by atomic mass is 16.5. The first kappa shape index (κ1) is 16.8. The van der Waals surface area contributed by atoms with Crippen molar-refractivity contribution in [2.45, 2.75) is 6.10 Å². The second-order valence-corrected chi connectivity index (χ2v) is 5.71. The van der Waals surface area contributed by atoms with Gasteiger partial charge in [0, 0.05) is 17.6 Å². The third-order valence-electron chi connectivity index (χ3n) is 3.85. The Kier molecular flexibility index (Phi) is 5.16. The minimum Gasteiger partial charge on any atom is -0.490 e. The Labute approximate surface area is 145 Å². The predicted molar refractivity (Wildman–Crippen MR) is 97.3 cm³/mol. The third-order valence-corrected chi connectivity index (χ3v) is 3.85. The zero-order valence-electron chi connectivity index (χ0n) is 13.6. The number of ether oxygens (including phenoxy) is 1. The molecule has 0 radical (unpaired) electrons. The fourth-order valence-electron chi connectivity index (χ4n) is 2.53. The average molecular weight is 337 g/mol. The Morgan fingerprint density at radius 3 is 2.48 bits per heavy atom. The van der Waals surface area contributed by atoms with Crippen LogP contribution in [-0.4, -0.2) is 35.4 Å². The van der Waals surface area contributed by atoms with Gasteiger partial charge >= 0.3 is 5.97 Å². The molecule has 0 bridgehead atoms. The lowest BCUT2D eigenvalue weighted by Gasteiger charge is -2.15. The molecule has 0 amide bonds. The average Bonchev–Trinajstić information content (AvgIpc) is 2.65.